The van der Waals surface area contributed by atoms with E-state index in [1.807, 2.05) is 12.1 Å². The number of hydrogen-bond acceptors (Lipinski definition) is 5. The second-order valence-corrected chi connectivity index (χ2v) is 6.62. The van der Waals surface area contributed by atoms with Gasteiger partial charge in [-0.3, -0.25) is 4.79 Å². The zero-order chi connectivity index (χ0) is 20.8. The molecule has 0 spiro atoms. The van der Waals surface area contributed by atoms with Crippen LogP contribution in [0.3, 0.4) is 0 Å². The molecule has 150 valence electrons. The SMILES string of the molecule is CC(=O)OCCCOc1cccc(-c2cc(C(=O)O)nn2-c2cccc(Cl)c2)c1. The summed E-state index contributed by atoms with van der Waals surface area (Å²) in [5.74, 6) is -0.832. The Morgan fingerprint density at radius 3 is 2.62 bits per heavy atom. The van der Waals surface area contributed by atoms with Crippen LogP contribution in [0.15, 0.2) is 54.6 Å². The maximum absolute atomic E-state index is 11.5. The minimum Gasteiger partial charge on any atom is -0.493 e. The number of carboxylic acid groups (broad SMARTS) is 1. The molecular weight excluding hydrogens is 396 g/mol. The summed E-state index contributed by atoms with van der Waals surface area (Å²) in [6.07, 6.45) is 0.563. The Morgan fingerprint density at radius 2 is 1.90 bits per heavy atom. The molecule has 0 unspecified atom stereocenters. The first-order valence-electron chi connectivity index (χ1n) is 8.90. The lowest BCUT2D eigenvalue weighted by atomic mass is 10.1. The highest BCUT2D eigenvalue weighted by Gasteiger charge is 2.16. The van der Waals surface area contributed by atoms with Gasteiger partial charge in [0.1, 0.15) is 5.75 Å². The number of nitrogens with zero attached hydrogens (tertiary/aromatic N) is 2. The summed E-state index contributed by atoms with van der Waals surface area (Å²) in [4.78, 5) is 22.2. The van der Waals surface area contributed by atoms with Crippen molar-refractivity contribution >= 4 is 23.5 Å². The zero-order valence-electron chi connectivity index (χ0n) is 15.7. The van der Waals surface area contributed by atoms with Gasteiger partial charge >= 0.3 is 11.9 Å². The standard InChI is InChI=1S/C21H19ClN2O5/c1-14(25)28-9-4-10-29-18-8-2-5-15(11-18)20-13-19(21(26)27)23-24(20)17-7-3-6-16(22)12-17/h2-3,5-8,11-13H,4,9-10H2,1H3,(H,26,27). The van der Waals surface area contributed by atoms with Gasteiger partial charge in [-0.25, -0.2) is 9.48 Å². The van der Waals surface area contributed by atoms with Crippen LogP contribution in [0, 0.1) is 0 Å². The fourth-order valence-corrected chi connectivity index (χ4v) is 2.89. The lowest BCUT2D eigenvalue weighted by molar-refractivity contribution is -0.141. The first-order chi connectivity index (χ1) is 13.9. The Labute approximate surface area is 172 Å². The molecule has 0 aliphatic carbocycles. The third-order valence-corrected chi connectivity index (χ3v) is 4.21. The molecule has 0 saturated carbocycles. The molecule has 29 heavy (non-hydrogen) atoms. The molecule has 8 heteroatoms. The summed E-state index contributed by atoms with van der Waals surface area (Å²) >= 11 is 6.08. The monoisotopic (exact) mass is 414 g/mol. The number of halogens is 1. The van der Waals surface area contributed by atoms with Crippen LogP contribution in [-0.2, 0) is 9.53 Å². The van der Waals surface area contributed by atoms with E-state index in [-0.39, 0.29) is 11.7 Å². The summed E-state index contributed by atoms with van der Waals surface area (Å²) < 4.78 is 12.1. The van der Waals surface area contributed by atoms with Crippen molar-refractivity contribution in [2.75, 3.05) is 13.2 Å². The van der Waals surface area contributed by atoms with E-state index in [9.17, 15) is 14.7 Å². The summed E-state index contributed by atoms with van der Waals surface area (Å²) in [5, 5.41) is 14.1. The van der Waals surface area contributed by atoms with Crippen LogP contribution in [0.1, 0.15) is 23.8 Å². The first kappa shape index (κ1) is 20.4. The highest BCUT2D eigenvalue weighted by Crippen LogP contribution is 2.28. The summed E-state index contributed by atoms with van der Waals surface area (Å²) in [5.41, 5.74) is 1.90. The van der Waals surface area contributed by atoms with Gasteiger partial charge in [0.15, 0.2) is 5.69 Å². The Kier molecular flexibility index (Phi) is 6.51. The van der Waals surface area contributed by atoms with Crippen molar-refractivity contribution in [1.82, 2.24) is 9.78 Å². The third-order valence-electron chi connectivity index (χ3n) is 3.97. The number of aromatic carboxylic acids is 1. The smallest absolute Gasteiger partial charge is 0.356 e. The molecule has 1 aromatic heterocycles. The molecule has 0 fully saturated rings. The Balaban J connectivity index is 1.86. The summed E-state index contributed by atoms with van der Waals surface area (Å²) in [7, 11) is 0. The van der Waals surface area contributed by atoms with E-state index in [2.05, 4.69) is 5.10 Å². The number of benzene rings is 2. The molecule has 0 aliphatic rings. The number of carbonyl (C=O) groups is 2. The minimum atomic E-state index is -1.12. The quantitative estimate of drug-likeness (QED) is 0.438. The molecule has 7 nitrogen and oxygen atoms in total. The molecule has 0 atom stereocenters. The zero-order valence-corrected chi connectivity index (χ0v) is 16.4. The highest BCUT2D eigenvalue weighted by molar-refractivity contribution is 6.30. The van der Waals surface area contributed by atoms with E-state index in [1.54, 1.807) is 36.4 Å². The molecule has 1 N–H and O–H groups in total. The lowest BCUT2D eigenvalue weighted by Crippen LogP contribution is -2.06. The van der Waals surface area contributed by atoms with Crippen LogP contribution in [0.2, 0.25) is 5.02 Å². The van der Waals surface area contributed by atoms with Crippen molar-refractivity contribution in [2.45, 2.75) is 13.3 Å². The van der Waals surface area contributed by atoms with Gasteiger partial charge in [-0.05, 0) is 36.4 Å². The molecule has 2 aromatic carbocycles. The molecule has 0 aliphatic heterocycles. The maximum atomic E-state index is 11.5. The first-order valence-corrected chi connectivity index (χ1v) is 9.28. The molecule has 0 saturated heterocycles. The third kappa shape index (κ3) is 5.36. The number of aromatic nitrogens is 2. The highest BCUT2D eigenvalue weighted by atomic mass is 35.5. The van der Waals surface area contributed by atoms with E-state index >= 15 is 0 Å². The number of esters is 1. The average Bonchev–Trinajstić information content (AvgIpc) is 3.14. The van der Waals surface area contributed by atoms with Crippen LogP contribution in [0.4, 0.5) is 0 Å². The largest absolute Gasteiger partial charge is 0.493 e. The van der Waals surface area contributed by atoms with Crippen LogP contribution < -0.4 is 4.74 Å². The van der Waals surface area contributed by atoms with Crippen LogP contribution in [0.25, 0.3) is 16.9 Å². The second-order valence-electron chi connectivity index (χ2n) is 6.18. The lowest BCUT2D eigenvalue weighted by Gasteiger charge is -2.10. The van der Waals surface area contributed by atoms with Crippen molar-refractivity contribution in [3.05, 3.63) is 65.3 Å². The van der Waals surface area contributed by atoms with Crippen molar-refractivity contribution in [3.63, 3.8) is 0 Å². The van der Waals surface area contributed by atoms with Gasteiger partial charge in [-0.2, -0.15) is 5.10 Å². The predicted molar refractivity (Wildman–Crippen MR) is 108 cm³/mol. The fourth-order valence-electron chi connectivity index (χ4n) is 2.71. The van der Waals surface area contributed by atoms with Gasteiger partial charge in [0, 0.05) is 23.9 Å². The van der Waals surface area contributed by atoms with Crippen LogP contribution >= 0.6 is 11.6 Å². The predicted octanol–water partition coefficient (Wildman–Crippen LogP) is 4.22. The van der Waals surface area contributed by atoms with Crippen molar-refractivity contribution in [1.29, 1.82) is 0 Å². The minimum absolute atomic E-state index is 0.0762. The maximum Gasteiger partial charge on any atom is 0.356 e. The number of carbonyl (C=O) groups excluding carboxylic acids is 1. The van der Waals surface area contributed by atoms with Crippen LogP contribution in [-0.4, -0.2) is 40.0 Å². The molecular formula is C21H19ClN2O5. The molecule has 0 bridgehead atoms. The van der Waals surface area contributed by atoms with Gasteiger partial charge < -0.3 is 14.6 Å². The van der Waals surface area contributed by atoms with Gasteiger partial charge in [-0.1, -0.05) is 29.8 Å². The normalized spacial score (nSPS) is 10.6. The average molecular weight is 415 g/mol. The molecule has 0 amide bonds. The van der Waals surface area contributed by atoms with E-state index in [0.29, 0.717) is 41.8 Å². The number of hydrogen-bond donors (Lipinski definition) is 1. The van der Waals surface area contributed by atoms with E-state index < -0.39 is 5.97 Å². The molecule has 3 rings (SSSR count). The van der Waals surface area contributed by atoms with Crippen molar-refractivity contribution in [3.8, 4) is 22.7 Å². The number of carboxylic acids is 1. The Morgan fingerprint density at radius 1 is 1.10 bits per heavy atom. The fraction of sp³-hybridized carbons (Fsp3) is 0.190. The molecule has 0 radical (unpaired) electrons. The number of ether oxygens (including phenoxy) is 2. The van der Waals surface area contributed by atoms with E-state index in [0.717, 1.165) is 5.56 Å². The van der Waals surface area contributed by atoms with Crippen molar-refractivity contribution < 1.29 is 24.2 Å². The second kappa shape index (κ2) is 9.25. The van der Waals surface area contributed by atoms with E-state index in [4.69, 9.17) is 21.1 Å². The molecule has 3 aromatic rings. The topological polar surface area (TPSA) is 90.7 Å². The summed E-state index contributed by atoms with van der Waals surface area (Å²) in [6, 6.07) is 15.8. The summed E-state index contributed by atoms with van der Waals surface area (Å²) in [6.45, 7) is 2.03. The van der Waals surface area contributed by atoms with E-state index in [1.165, 1.54) is 17.7 Å². The van der Waals surface area contributed by atoms with Gasteiger partial charge in [0.2, 0.25) is 0 Å². The van der Waals surface area contributed by atoms with Crippen molar-refractivity contribution in [2.24, 2.45) is 0 Å². The Bertz CT molecular complexity index is 1030. The Hall–Kier alpha value is -3.32. The van der Waals surface area contributed by atoms with Gasteiger partial charge in [0.25, 0.3) is 0 Å². The van der Waals surface area contributed by atoms with Crippen LogP contribution in [0.5, 0.6) is 5.75 Å². The number of rotatable bonds is 8. The van der Waals surface area contributed by atoms with Gasteiger partial charge in [0.05, 0.1) is 24.6 Å². The van der Waals surface area contributed by atoms with Gasteiger partial charge in [-0.15, -0.1) is 0 Å². The molecule has 1 heterocycles.